The minimum atomic E-state index is 0.307. The van der Waals surface area contributed by atoms with Crippen LogP contribution in [-0.4, -0.2) is 22.3 Å². The zero-order valence-corrected chi connectivity index (χ0v) is 11.4. The van der Waals surface area contributed by atoms with Gasteiger partial charge in [0.25, 0.3) is 0 Å². The Kier molecular flexibility index (Phi) is 3.28. The highest BCUT2D eigenvalue weighted by Gasteiger charge is 2.28. The Morgan fingerprint density at radius 1 is 1.37 bits per heavy atom. The molecule has 1 aliphatic heterocycles. The highest BCUT2D eigenvalue weighted by atomic mass is 16.2. The van der Waals surface area contributed by atoms with Gasteiger partial charge in [-0.3, -0.25) is 4.79 Å². The average molecular weight is 256 g/mol. The van der Waals surface area contributed by atoms with E-state index in [9.17, 15) is 4.79 Å². The van der Waals surface area contributed by atoms with E-state index in [1.54, 1.807) is 0 Å². The molecule has 1 N–H and O–H groups in total. The van der Waals surface area contributed by atoms with Crippen molar-refractivity contribution in [3.05, 3.63) is 36.0 Å². The summed E-state index contributed by atoms with van der Waals surface area (Å²) in [5, 5.41) is 1.22. The maximum atomic E-state index is 12.1. The zero-order valence-electron chi connectivity index (χ0n) is 11.4. The van der Waals surface area contributed by atoms with Crippen LogP contribution in [0.3, 0.4) is 0 Å². The lowest BCUT2D eigenvalue weighted by Crippen LogP contribution is -2.24. The lowest BCUT2D eigenvalue weighted by atomic mass is 10.0. The monoisotopic (exact) mass is 256 g/mol. The highest BCUT2D eigenvalue weighted by molar-refractivity contribution is 5.83. The maximum Gasteiger partial charge on any atom is 0.223 e. The van der Waals surface area contributed by atoms with E-state index in [1.165, 1.54) is 10.9 Å². The number of hydrogen-bond donors (Lipinski definition) is 1. The minimum Gasteiger partial charge on any atom is -0.361 e. The number of nitrogens with zero attached hydrogens (tertiary/aromatic N) is 1. The summed E-state index contributed by atoms with van der Waals surface area (Å²) in [5.41, 5.74) is 2.38. The molecule has 1 amide bonds. The van der Waals surface area contributed by atoms with Gasteiger partial charge >= 0.3 is 0 Å². The van der Waals surface area contributed by atoms with Crippen molar-refractivity contribution in [2.75, 3.05) is 6.54 Å². The van der Waals surface area contributed by atoms with Crippen LogP contribution in [-0.2, 0) is 11.3 Å². The molecule has 1 fully saturated rings. The Balaban J connectivity index is 1.78. The van der Waals surface area contributed by atoms with Crippen LogP contribution >= 0.6 is 0 Å². The van der Waals surface area contributed by atoms with Crippen molar-refractivity contribution in [1.29, 1.82) is 0 Å². The van der Waals surface area contributed by atoms with Gasteiger partial charge in [-0.25, -0.2) is 0 Å². The first-order chi connectivity index (χ1) is 9.28. The fourth-order valence-electron chi connectivity index (χ4n) is 3.10. The molecule has 1 aromatic carbocycles. The summed E-state index contributed by atoms with van der Waals surface area (Å²) in [7, 11) is 0. The number of benzene rings is 1. The molecule has 0 aliphatic carbocycles. The van der Waals surface area contributed by atoms with E-state index in [0.717, 1.165) is 37.9 Å². The fraction of sp³-hybridized carbons (Fsp3) is 0.438. The van der Waals surface area contributed by atoms with Crippen LogP contribution in [0.15, 0.2) is 30.5 Å². The van der Waals surface area contributed by atoms with Gasteiger partial charge in [0.05, 0.1) is 5.52 Å². The second-order valence-corrected chi connectivity index (χ2v) is 5.49. The minimum absolute atomic E-state index is 0.307. The van der Waals surface area contributed by atoms with Gasteiger partial charge in [-0.05, 0) is 29.4 Å². The molecule has 19 heavy (non-hydrogen) atoms. The van der Waals surface area contributed by atoms with Crippen LogP contribution in [0.25, 0.3) is 10.9 Å². The molecule has 100 valence electrons. The summed E-state index contributed by atoms with van der Waals surface area (Å²) in [6.45, 7) is 3.84. The fourth-order valence-corrected chi connectivity index (χ4v) is 3.10. The largest absolute Gasteiger partial charge is 0.361 e. The number of amides is 1. The van der Waals surface area contributed by atoms with Crippen molar-refractivity contribution in [3.8, 4) is 0 Å². The second-order valence-electron chi connectivity index (χ2n) is 5.49. The van der Waals surface area contributed by atoms with Crippen molar-refractivity contribution in [2.45, 2.75) is 32.7 Å². The van der Waals surface area contributed by atoms with Crippen LogP contribution < -0.4 is 0 Å². The Hall–Kier alpha value is -1.77. The molecule has 3 heteroatoms. The van der Waals surface area contributed by atoms with Crippen LogP contribution in [0, 0.1) is 5.92 Å². The van der Waals surface area contributed by atoms with Gasteiger partial charge in [-0.1, -0.05) is 31.5 Å². The predicted octanol–water partition coefficient (Wildman–Crippen LogP) is 3.32. The third-order valence-electron chi connectivity index (χ3n) is 4.03. The molecular weight excluding hydrogens is 236 g/mol. The lowest BCUT2D eigenvalue weighted by molar-refractivity contribution is -0.128. The quantitative estimate of drug-likeness (QED) is 0.895. The van der Waals surface area contributed by atoms with Crippen LogP contribution in [0.4, 0.5) is 0 Å². The Labute approximate surface area is 113 Å². The van der Waals surface area contributed by atoms with Crippen molar-refractivity contribution in [3.63, 3.8) is 0 Å². The summed E-state index contributed by atoms with van der Waals surface area (Å²) < 4.78 is 0. The molecule has 1 aliphatic rings. The molecule has 3 rings (SSSR count). The Morgan fingerprint density at radius 3 is 3.11 bits per heavy atom. The average Bonchev–Trinajstić information content (AvgIpc) is 2.98. The third-order valence-corrected chi connectivity index (χ3v) is 4.03. The molecule has 0 unspecified atom stereocenters. The first-order valence-corrected chi connectivity index (χ1v) is 7.10. The maximum absolute atomic E-state index is 12.1. The summed E-state index contributed by atoms with van der Waals surface area (Å²) in [6, 6.07) is 8.35. The number of carbonyl (C=O) groups excluding carboxylic acids is 1. The smallest absolute Gasteiger partial charge is 0.223 e. The van der Waals surface area contributed by atoms with Gasteiger partial charge < -0.3 is 9.88 Å². The van der Waals surface area contributed by atoms with E-state index >= 15 is 0 Å². The van der Waals surface area contributed by atoms with E-state index in [2.05, 4.69) is 36.2 Å². The van der Waals surface area contributed by atoms with Crippen molar-refractivity contribution < 1.29 is 4.79 Å². The lowest BCUT2D eigenvalue weighted by Gasteiger charge is -2.17. The molecule has 1 aromatic heterocycles. The van der Waals surface area contributed by atoms with Crippen molar-refractivity contribution >= 4 is 16.8 Å². The summed E-state index contributed by atoms with van der Waals surface area (Å²) >= 11 is 0. The zero-order chi connectivity index (χ0) is 13.2. The van der Waals surface area contributed by atoms with Gasteiger partial charge in [0.2, 0.25) is 5.91 Å². The number of para-hydroxylation sites is 1. The molecule has 3 nitrogen and oxygen atoms in total. The highest BCUT2D eigenvalue weighted by Crippen LogP contribution is 2.25. The molecule has 2 aromatic rings. The molecule has 0 radical (unpaired) electrons. The van der Waals surface area contributed by atoms with Gasteiger partial charge in [-0.15, -0.1) is 0 Å². The number of aromatic nitrogens is 1. The van der Waals surface area contributed by atoms with Gasteiger partial charge in [-0.2, -0.15) is 0 Å². The van der Waals surface area contributed by atoms with E-state index < -0.39 is 0 Å². The van der Waals surface area contributed by atoms with E-state index in [4.69, 9.17) is 0 Å². The summed E-state index contributed by atoms with van der Waals surface area (Å²) in [5.74, 6) is 0.863. The van der Waals surface area contributed by atoms with E-state index in [0.29, 0.717) is 11.8 Å². The number of aromatic amines is 1. The van der Waals surface area contributed by atoms with Gasteiger partial charge in [0.1, 0.15) is 0 Å². The van der Waals surface area contributed by atoms with Gasteiger partial charge in [0, 0.05) is 25.7 Å². The normalized spacial score (nSPS) is 19.5. The van der Waals surface area contributed by atoms with E-state index in [-0.39, 0.29) is 0 Å². The second kappa shape index (κ2) is 5.08. The van der Waals surface area contributed by atoms with Gasteiger partial charge in [0.15, 0.2) is 0 Å². The third kappa shape index (κ3) is 2.37. The standard InChI is InChI=1S/C16H20N2O/c1-2-4-12-9-15(19)18(10-12)11-14-6-3-5-13-7-8-17-16(13)14/h3,5-8,12,17H,2,4,9-11H2,1H3/t12-/m1/s1. The number of carbonyl (C=O) groups is 1. The molecule has 0 saturated carbocycles. The van der Waals surface area contributed by atoms with Crippen LogP contribution in [0.2, 0.25) is 0 Å². The summed E-state index contributed by atoms with van der Waals surface area (Å²) in [4.78, 5) is 17.3. The molecule has 0 bridgehead atoms. The molecule has 1 saturated heterocycles. The number of rotatable bonds is 4. The summed E-state index contributed by atoms with van der Waals surface area (Å²) in [6.07, 6.45) is 5.02. The van der Waals surface area contributed by atoms with Crippen LogP contribution in [0.5, 0.6) is 0 Å². The first kappa shape index (κ1) is 12.3. The Morgan fingerprint density at radius 2 is 2.26 bits per heavy atom. The number of fused-ring (bicyclic) bond motifs is 1. The molecule has 1 atom stereocenters. The molecule has 0 spiro atoms. The predicted molar refractivity (Wildman–Crippen MR) is 76.7 cm³/mol. The first-order valence-electron chi connectivity index (χ1n) is 7.10. The number of nitrogens with one attached hydrogen (secondary N) is 1. The SMILES string of the molecule is CCC[C@@H]1CC(=O)N(Cc2cccc3cc[nH]c23)C1. The topological polar surface area (TPSA) is 36.1 Å². The van der Waals surface area contributed by atoms with Crippen molar-refractivity contribution in [1.82, 2.24) is 9.88 Å². The van der Waals surface area contributed by atoms with E-state index in [1.807, 2.05) is 11.1 Å². The van der Waals surface area contributed by atoms with Crippen LogP contribution in [0.1, 0.15) is 31.7 Å². The number of hydrogen-bond acceptors (Lipinski definition) is 1. The molecular formula is C16H20N2O. The Bertz CT molecular complexity index is 587. The molecule has 2 heterocycles. The number of H-pyrrole nitrogens is 1. The van der Waals surface area contributed by atoms with Crippen molar-refractivity contribution in [2.24, 2.45) is 5.92 Å². The number of likely N-dealkylation sites (tertiary alicyclic amines) is 1.